The summed E-state index contributed by atoms with van der Waals surface area (Å²) in [6, 6.07) is 0. The summed E-state index contributed by atoms with van der Waals surface area (Å²) in [5, 5.41) is 11.3. The number of rotatable bonds is 9. The minimum atomic E-state index is 0.105. The van der Waals surface area contributed by atoms with Crippen LogP contribution in [0, 0.1) is 6.92 Å². The van der Waals surface area contributed by atoms with E-state index < -0.39 is 0 Å². The number of unbranched alkanes of at least 4 members (excludes halogenated alkanes) is 4. The molecular weight excluding hydrogens is 178 g/mol. The van der Waals surface area contributed by atoms with Gasteiger partial charge < -0.3 is 10.4 Å². The molecule has 0 rings (SSSR count). The lowest BCUT2D eigenvalue weighted by atomic mass is 10.1. The van der Waals surface area contributed by atoms with Crippen molar-refractivity contribution < 1.29 is 9.90 Å². The van der Waals surface area contributed by atoms with Crippen LogP contribution in [0.5, 0.6) is 0 Å². The van der Waals surface area contributed by atoms with E-state index in [2.05, 4.69) is 12.2 Å². The normalized spacial score (nSPS) is 10.1. The summed E-state index contributed by atoms with van der Waals surface area (Å²) in [6.45, 7) is 4.50. The SMILES string of the molecule is [CH2]CCCCCCC(=O)NCCCO. The highest BCUT2D eigenvalue weighted by atomic mass is 16.3. The Morgan fingerprint density at radius 2 is 1.86 bits per heavy atom. The molecule has 14 heavy (non-hydrogen) atoms. The van der Waals surface area contributed by atoms with Crippen LogP contribution in [0.2, 0.25) is 0 Å². The van der Waals surface area contributed by atoms with Crippen LogP contribution in [0.3, 0.4) is 0 Å². The summed E-state index contributed by atoms with van der Waals surface area (Å²) in [5.41, 5.74) is 0. The molecule has 1 radical (unpaired) electrons. The first-order chi connectivity index (χ1) is 6.81. The zero-order valence-electron chi connectivity index (χ0n) is 8.93. The summed E-state index contributed by atoms with van der Waals surface area (Å²) in [5.74, 6) is 0.105. The number of hydrogen-bond acceptors (Lipinski definition) is 2. The molecule has 3 nitrogen and oxygen atoms in total. The van der Waals surface area contributed by atoms with Gasteiger partial charge in [0.25, 0.3) is 0 Å². The van der Waals surface area contributed by atoms with Crippen molar-refractivity contribution in [3.05, 3.63) is 6.92 Å². The molecule has 0 aliphatic rings. The summed E-state index contributed by atoms with van der Waals surface area (Å²) in [7, 11) is 0. The van der Waals surface area contributed by atoms with Crippen LogP contribution in [-0.2, 0) is 4.79 Å². The van der Waals surface area contributed by atoms with Crippen molar-refractivity contribution in [2.24, 2.45) is 0 Å². The van der Waals surface area contributed by atoms with E-state index in [0.717, 1.165) is 25.7 Å². The third-order valence-electron chi connectivity index (χ3n) is 2.06. The van der Waals surface area contributed by atoms with Crippen LogP contribution in [0.4, 0.5) is 0 Å². The molecule has 0 aromatic rings. The molecule has 0 fully saturated rings. The van der Waals surface area contributed by atoms with Crippen molar-refractivity contribution in [1.82, 2.24) is 5.32 Å². The maximum Gasteiger partial charge on any atom is 0.219 e. The first-order valence-corrected chi connectivity index (χ1v) is 5.48. The molecule has 0 aromatic carbocycles. The van der Waals surface area contributed by atoms with Gasteiger partial charge >= 0.3 is 0 Å². The number of aliphatic hydroxyl groups is 1. The second-order valence-electron chi connectivity index (χ2n) is 3.44. The van der Waals surface area contributed by atoms with Gasteiger partial charge in [-0.15, -0.1) is 0 Å². The Kier molecular flexibility index (Phi) is 10.1. The summed E-state index contributed by atoms with van der Waals surface area (Å²) in [6.07, 6.45) is 6.66. The van der Waals surface area contributed by atoms with Crippen LogP contribution in [0.25, 0.3) is 0 Å². The van der Waals surface area contributed by atoms with E-state index in [9.17, 15) is 4.79 Å². The van der Waals surface area contributed by atoms with Crippen LogP contribution in [-0.4, -0.2) is 24.2 Å². The van der Waals surface area contributed by atoms with Gasteiger partial charge in [-0.05, 0) is 12.8 Å². The van der Waals surface area contributed by atoms with E-state index in [1.165, 1.54) is 6.42 Å². The number of amides is 1. The average molecular weight is 200 g/mol. The Morgan fingerprint density at radius 3 is 2.50 bits per heavy atom. The smallest absolute Gasteiger partial charge is 0.219 e. The lowest BCUT2D eigenvalue weighted by molar-refractivity contribution is -0.121. The number of aliphatic hydroxyl groups excluding tert-OH is 1. The molecule has 0 saturated carbocycles. The molecule has 0 saturated heterocycles. The molecule has 0 atom stereocenters. The third-order valence-corrected chi connectivity index (χ3v) is 2.06. The van der Waals surface area contributed by atoms with Gasteiger partial charge in [-0.25, -0.2) is 0 Å². The predicted molar refractivity (Wildman–Crippen MR) is 57.8 cm³/mol. The van der Waals surface area contributed by atoms with Gasteiger partial charge in [0.05, 0.1) is 0 Å². The molecule has 1 amide bonds. The number of nitrogens with one attached hydrogen (secondary N) is 1. The number of hydrogen-bond donors (Lipinski definition) is 2. The van der Waals surface area contributed by atoms with Gasteiger partial charge in [0.15, 0.2) is 0 Å². The molecule has 0 unspecified atom stereocenters. The van der Waals surface area contributed by atoms with E-state index in [1.807, 2.05) is 0 Å². The predicted octanol–water partition coefficient (Wildman–Crippen LogP) is 1.66. The summed E-state index contributed by atoms with van der Waals surface area (Å²) >= 11 is 0. The number of carbonyl (C=O) groups excluding carboxylic acids is 1. The van der Waals surface area contributed by atoms with Gasteiger partial charge in [-0.3, -0.25) is 4.79 Å². The van der Waals surface area contributed by atoms with Gasteiger partial charge in [0, 0.05) is 19.6 Å². The molecule has 2 N–H and O–H groups in total. The zero-order chi connectivity index (χ0) is 10.6. The molecule has 0 aliphatic carbocycles. The molecule has 0 aliphatic heterocycles. The molecule has 0 spiro atoms. The Labute approximate surface area is 86.9 Å². The monoisotopic (exact) mass is 200 g/mol. The van der Waals surface area contributed by atoms with Crippen molar-refractivity contribution in [2.45, 2.75) is 44.9 Å². The maximum absolute atomic E-state index is 11.1. The van der Waals surface area contributed by atoms with E-state index >= 15 is 0 Å². The van der Waals surface area contributed by atoms with Crippen LogP contribution < -0.4 is 5.32 Å². The standard InChI is InChI=1S/C11H22NO2/c1-2-3-4-5-6-8-11(14)12-9-7-10-13/h13H,1-10H2,(H,12,14). The van der Waals surface area contributed by atoms with Crippen LogP contribution >= 0.6 is 0 Å². The molecule has 3 heteroatoms. The van der Waals surface area contributed by atoms with Gasteiger partial charge in [-0.1, -0.05) is 32.6 Å². The molecule has 0 heterocycles. The molecule has 0 aromatic heterocycles. The molecule has 0 bridgehead atoms. The second kappa shape index (κ2) is 10.5. The summed E-state index contributed by atoms with van der Waals surface area (Å²) < 4.78 is 0. The minimum Gasteiger partial charge on any atom is -0.396 e. The Bertz CT molecular complexity index is 137. The fraction of sp³-hybridized carbons (Fsp3) is 0.818. The topological polar surface area (TPSA) is 49.3 Å². The van der Waals surface area contributed by atoms with E-state index in [-0.39, 0.29) is 12.5 Å². The van der Waals surface area contributed by atoms with Gasteiger partial charge in [-0.2, -0.15) is 0 Å². The molecular formula is C11H22NO2. The largest absolute Gasteiger partial charge is 0.396 e. The zero-order valence-corrected chi connectivity index (χ0v) is 8.93. The van der Waals surface area contributed by atoms with Crippen molar-refractivity contribution in [3.63, 3.8) is 0 Å². The van der Waals surface area contributed by atoms with Crippen LogP contribution in [0.15, 0.2) is 0 Å². The average Bonchev–Trinajstić information content (AvgIpc) is 2.18. The van der Waals surface area contributed by atoms with Crippen molar-refractivity contribution in [2.75, 3.05) is 13.2 Å². The van der Waals surface area contributed by atoms with E-state index in [4.69, 9.17) is 5.11 Å². The highest BCUT2D eigenvalue weighted by Crippen LogP contribution is 2.04. The number of carbonyl (C=O) groups is 1. The summed E-state index contributed by atoms with van der Waals surface area (Å²) in [4.78, 5) is 11.1. The van der Waals surface area contributed by atoms with Gasteiger partial charge in [0.1, 0.15) is 0 Å². The Morgan fingerprint density at radius 1 is 1.14 bits per heavy atom. The second-order valence-corrected chi connectivity index (χ2v) is 3.44. The minimum absolute atomic E-state index is 0.105. The van der Waals surface area contributed by atoms with E-state index in [1.54, 1.807) is 0 Å². The third kappa shape index (κ3) is 9.52. The first-order valence-electron chi connectivity index (χ1n) is 5.48. The van der Waals surface area contributed by atoms with Crippen molar-refractivity contribution in [1.29, 1.82) is 0 Å². The lowest BCUT2D eigenvalue weighted by Crippen LogP contribution is -2.24. The quantitative estimate of drug-likeness (QED) is 0.556. The Hall–Kier alpha value is -0.570. The highest BCUT2D eigenvalue weighted by molar-refractivity contribution is 5.75. The fourth-order valence-corrected chi connectivity index (χ4v) is 1.21. The molecule has 83 valence electrons. The maximum atomic E-state index is 11.1. The van der Waals surface area contributed by atoms with Crippen molar-refractivity contribution >= 4 is 5.91 Å². The van der Waals surface area contributed by atoms with Gasteiger partial charge in [0.2, 0.25) is 5.91 Å². The highest BCUT2D eigenvalue weighted by Gasteiger charge is 1.99. The van der Waals surface area contributed by atoms with Crippen LogP contribution in [0.1, 0.15) is 44.9 Å². The lowest BCUT2D eigenvalue weighted by Gasteiger charge is -2.03. The van der Waals surface area contributed by atoms with E-state index in [0.29, 0.717) is 19.4 Å². The first kappa shape index (κ1) is 13.4. The Balaban J connectivity index is 3.10. The van der Waals surface area contributed by atoms with Crippen molar-refractivity contribution in [3.8, 4) is 0 Å². The fourth-order valence-electron chi connectivity index (χ4n) is 1.21.